The van der Waals surface area contributed by atoms with Crippen LogP contribution in [0.1, 0.15) is 27.2 Å². The van der Waals surface area contributed by atoms with Crippen LogP contribution in [0.3, 0.4) is 0 Å². The molecule has 2 aromatic rings. The summed E-state index contributed by atoms with van der Waals surface area (Å²) in [5, 5.41) is 8.50. The number of Topliss-reactive ketones (excluding diaryl/α,β-unsaturated/α-hetero) is 1. The predicted octanol–water partition coefficient (Wildman–Crippen LogP) is 0.661. The van der Waals surface area contributed by atoms with Crippen molar-refractivity contribution in [3.05, 3.63) is 52.0 Å². The van der Waals surface area contributed by atoms with E-state index in [2.05, 4.69) is 25.7 Å². The summed E-state index contributed by atoms with van der Waals surface area (Å²) in [6.45, 7) is 3.31. The Morgan fingerprint density at radius 1 is 1.11 bits per heavy atom. The molecule has 2 heterocycles. The zero-order valence-electron chi connectivity index (χ0n) is 21.7. The predicted molar refractivity (Wildman–Crippen MR) is 137 cm³/mol. The smallest absolute Gasteiger partial charge is 0.263 e. The zero-order valence-corrected chi connectivity index (χ0v) is 22.5. The maximum atomic E-state index is 12.9. The Bertz CT molecular complexity index is 1060. The van der Waals surface area contributed by atoms with Gasteiger partial charge in [-0.05, 0) is 25.8 Å². The molecule has 37 heavy (non-hydrogen) atoms. The van der Waals surface area contributed by atoms with Crippen LogP contribution in [0.15, 0.2) is 36.5 Å². The van der Waals surface area contributed by atoms with Crippen molar-refractivity contribution in [2.45, 2.75) is 38.0 Å². The largest absolute Gasteiger partial charge is 0.388 e. The number of carbonyl (C=O) groups excluding carboxylic acids is 4. The van der Waals surface area contributed by atoms with Gasteiger partial charge >= 0.3 is 0 Å². The number of rotatable bonds is 12. The average molecular weight is 535 g/mol. The minimum atomic E-state index is -1.01. The summed E-state index contributed by atoms with van der Waals surface area (Å²) in [5.74, 6) is -1.80. The molecule has 3 atom stereocenters. The monoisotopic (exact) mass is 534 g/mol. The number of carbonyl (C=O) groups is 4. The average Bonchev–Trinajstić information content (AvgIpc) is 3.48. The van der Waals surface area contributed by atoms with Crippen LogP contribution >= 0.6 is 11.3 Å². The zero-order chi connectivity index (χ0) is 27.4. The van der Waals surface area contributed by atoms with Gasteiger partial charge in [0.05, 0.1) is 37.0 Å². The lowest BCUT2D eigenvalue weighted by Gasteiger charge is -2.21. The van der Waals surface area contributed by atoms with Gasteiger partial charge in [-0.2, -0.15) is 0 Å². The summed E-state index contributed by atoms with van der Waals surface area (Å²) >= 11 is 1.20. The van der Waals surface area contributed by atoms with E-state index in [1.807, 2.05) is 30.3 Å². The molecule has 0 saturated carbocycles. The van der Waals surface area contributed by atoms with Crippen LogP contribution in [0.2, 0.25) is 0 Å². The summed E-state index contributed by atoms with van der Waals surface area (Å²) in [4.78, 5) is 54.8. The molecule has 0 radical (unpaired) electrons. The molecule has 12 heteroatoms. The van der Waals surface area contributed by atoms with Crippen LogP contribution in [0.4, 0.5) is 0 Å². The van der Waals surface area contributed by atoms with Gasteiger partial charge in [0.1, 0.15) is 16.5 Å². The van der Waals surface area contributed by atoms with E-state index in [1.165, 1.54) is 24.6 Å². The Morgan fingerprint density at radius 3 is 2.30 bits per heavy atom. The molecule has 0 spiro atoms. The van der Waals surface area contributed by atoms with Gasteiger partial charge in [-0.1, -0.05) is 30.3 Å². The third-order valence-corrected chi connectivity index (χ3v) is 6.17. The lowest BCUT2D eigenvalue weighted by molar-refractivity contribution is -0.131. The molecule has 1 unspecified atom stereocenters. The molecule has 1 aromatic carbocycles. The molecule has 0 bridgehead atoms. The molecule has 1 aromatic heterocycles. The Kier molecular flexibility index (Phi) is 11.8. The third-order valence-electron chi connectivity index (χ3n) is 5.26. The third kappa shape index (κ3) is 9.65. The first-order valence-corrected chi connectivity index (χ1v) is 12.4. The molecular weight excluding hydrogens is 500 g/mol. The number of nitrogens with zero attached hydrogens (tertiary/aromatic N) is 1. The Morgan fingerprint density at radius 2 is 1.76 bits per heavy atom. The van der Waals surface area contributed by atoms with E-state index in [0.29, 0.717) is 17.9 Å². The van der Waals surface area contributed by atoms with Crippen LogP contribution in [0.5, 0.6) is 0 Å². The van der Waals surface area contributed by atoms with Gasteiger partial charge in [0.2, 0.25) is 11.8 Å². The molecule has 1 aliphatic heterocycles. The molecule has 0 aliphatic carbocycles. The first-order chi connectivity index (χ1) is 17.6. The van der Waals surface area contributed by atoms with Gasteiger partial charge in [0.25, 0.3) is 5.91 Å². The number of benzene rings is 1. The van der Waals surface area contributed by atoms with Crippen LogP contribution in [0, 0.1) is 6.92 Å². The number of aryl methyl sites for hydroxylation is 1. The molecule has 1 fully saturated rings. The fraction of sp³-hybridized carbons (Fsp3) is 0.480. The van der Waals surface area contributed by atoms with E-state index >= 15 is 0 Å². The minimum Gasteiger partial charge on any atom is -0.388 e. The quantitative estimate of drug-likeness (QED) is 0.337. The van der Waals surface area contributed by atoms with Crippen molar-refractivity contribution < 1.29 is 33.4 Å². The lowest BCUT2D eigenvalue weighted by atomic mass is 9.95. The molecule has 11 nitrogen and oxygen atoms in total. The van der Waals surface area contributed by atoms with Crippen molar-refractivity contribution >= 4 is 34.8 Å². The van der Waals surface area contributed by atoms with Gasteiger partial charge < -0.3 is 30.2 Å². The van der Waals surface area contributed by atoms with Crippen LogP contribution < -0.4 is 16.0 Å². The SMILES string of the molecule is COC.COC[C@H](NC(=O)c1cnc(C)s1)C(=O)NCC(=O)NC(Cc1ccccc1)C(=O)[C@@]1(C)CO1. The summed E-state index contributed by atoms with van der Waals surface area (Å²) in [6.07, 6.45) is 1.73. The highest BCUT2D eigenvalue weighted by atomic mass is 32.1. The number of nitrogens with one attached hydrogen (secondary N) is 3. The van der Waals surface area contributed by atoms with Crippen LogP contribution in [-0.2, 0) is 35.0 Å². The fourth-order valence-electron chi connectivity index (χ4n) is 3.26. The number of aromatic nitrogens is 1. The van der Waals surface area contributed by atoms with Crippen molar-refractivity contribution in [3.8, 4) is 0 Å². The number of ether oxygens (including phenoxy) is 3. The van der Waals surface area contributed by atoms with Gasteiger partial charge in [-0.25, -0.2) is 4.98 Å². The Labute approximate surface area is 220 Å². The topological polar surface area (TPSA) is 148 Å². The minimum absolute atomic E-state index is 0.0816. The molecule has 202 valence electrons. The first-order valence-electron chi connectivity index (χ1n) is 11.5. The van der Waals surface area contributed by atoms with Crippen molar-refractivity contribution in [3.63, 3.8) is 0 Å². The van der Waals surface area contributed by atoms with E-state index in [1.54, 1.807) is 28.1 Å². The van der Waals surface area contributed by atoms with Crippen molar-refractivity contribution in [2.24, 2.45) is 0 Å². The van der Waals surface area contributed by atoms with Gasteiger partial charge in [0, 0.05) is 21.3 Å². The van der Waals surface area contributed by atoms with Gasteiger partial charge in [-0.3, -0.25) is 19.2 Å². The molecule has 3 N–H and O–H groups in total. The molecule has 3 amide bonds. The normalized spacial score (nSPS) is 17.4. The van der Waals surface area contributed by atoms with Crippen molar-refractivity contribution in [1.82, 2.24) is 20.9 Å². The maximum absolute atomic E-state index is 12.9. The van der Waals surface area contributed by atoms with Gasteiger partial charge in [-0.15, -0.1) is 11.3 Å². The van der Waals surface area contributed by atoms with Crippen LogP contribution in [-0.4, -0.2) is 87.3 Å². The lowest BCUT2D eigenvalue weighted by Crippen LogP contribution is -2.53. The van der Waals surface area contributed by atoms with Crippen LogP contribution in [0.25, 0.3) is 0 Å². The highest BCUT2D eigenvalue weighted by Crippen LogP contribution is 2.29. The van der Waals surface area contributed by atoms with Gasteiger partial charge in [0.15, 0.2) is 5.78 Å². The Balaban J connectivity index is 0.00000153. The maximum Gasteiger partial charge on any atom is 0.263 e. The summed E-state index contributed by atoms with van der Waals surface area (Å²) in [5.41, 5.74) is -0.0191. The fourth-order valence-corrected chi connectivity index (χ4v) is 3.94. The highest BCUT2D eigenvalue weighted by Gasteiger charge is 2.50. The molecular formula is C25H34N4O7S. The number of ketones is 1. The van der Waals surface area contributed by atoms with E-state index in [0.717, 1.165) is 10.6 Å². The van der Waals surface area contributed by atoms with E-state index in [9.17, 15) is 19.2 Å². The molecule has 1 saturated heterocycles. The number of hydrogen-bond acceptors (Lipinski definition) is 9. The number of amides is 3. The highest BCUT2D eigenvalue weighted by molar-refractivity contribution is 7.13. The van der Waals surface area contributed by atoms with E-state index in [4.69, 9.17) is 9.47 Å². The molecule has 3 rings (SSSR count). The molecule has 1 aliphatic rings. The number of methoxy groups -OCH3 is 2. The summed E-state index contributed by atoms with van der Waals surface area (Å²) in [7, 11) is 4.65. The number of hydrogen-bond donors (Lipinski definition) is 3. The van der Waals surface area contributed by atoms with Crippen molar-refractivity contribution in [1.29, 1.82) is 0 Å². The van der Waals surface area contributed by atoms with Crippen molar-refractivity contribution in [2.75, 3.05) is 41.1 Å². The standard InChI is InChI=1S/C23H28N4O6S.C2H6O/c1-14-24-10-18(34-14)22(31)27-17(12-32-3)21(30)25-11-19(28)26-16(20(29)23(2)13-33-23)9-15-7-5-4-6-8-15;1-3-2/h4-8,10,16-17H,9,11-13H2,1-3H3,(H,25,30)(H,26,28)(H,27,31);1-2H3/t16?,17-,23+;/m0./s1. The second kappa shape index (κ2) is 14.5. The summed E-state index contributed by atoms with van der Waals surface area (Å²) in [6, 6.07) is 7.50. The van der Waals surface area contributed by atoms with E-state index < -0.39 is 35.4 Å². The number of epoxide rings is 1. The Hall–Kier alpha value is -3.19. The number of thiazole rings is 1. The first kappa shape index (κ1) is 30.0. The van der Waals surface area contributed by atoms with E-state index in [-0.39, 0.29) is 18.9 Å². The second-order valence-electron chi connectivity index (χ2n) is 8.54. The summed E-state index contributed by atoms with van der Waals surface area (Å²) < 4.78 is 14.5. The second-order valence-corrected chi connectivity index (χ2v) is 9.78.